The Balaban J connectivity index is 1.83. The van der Waals surface area contributed by atoms with E-state index in [9.17, 15) is 9.59 Å². The minimum absolute atomic E-state index is 0.179. The van der Waals surface area contributed by atoms with Crippen molar-refractivity contribution in [3.05, 3.63) is 56.2 Å². The van der Waals surface area contributed by atoms with Crippen LogP contribution in [0.4, 0.5) is 0 Å². The van der Waals surface area contributed by atoms with Crippen molar-refractivity contribution >= 4 is 29.1 Å². The second kappa shape index (κ2) is 8.17. The molecule has 1 aromatic carbocycles. The van der Waals surface area contributed by atoms with E-state index in [1.165, 1.54) is 10.6 Å². The van der Waals surface area contributed by atoms with E-state index in [-0.39, 0.29) is 18.2 Å². The molecule has 1 aromatic heterocycles. The van der Waals surface area contributed by atoms with Crippen molar-refractivity contribution < 1.29 is 9.53 Å². The molecule has 6 nitrogen and oxygen atoms in total. The third-order valence-electron chi connectivity index (χ3n) is 3.26. The van der Waals surface area contributed by atoms with Crippen molar-refractivity contribution in [2.45, 2.75) is 20.4 Å². The minimum Gasteiger partial charge on any atom is -0.482 e. The molecule has 2 rings (SSSR count). The number of carbonyl (C=O) groups excluding carboxylic acids is 1. The van der Waals surface area contributed by atoms with Gasteiger partial charge in [0.15, 0.2) is 6.61 Å². The van der Waals surface area contributed by atoms with Gasteiger partial charge in [-0.3, -0.25) is 9.36 Å². The van der Waals surface area contributed by atoms with Crippen LogP contribution in [0.1, 0.15) is 11.4 Å². The molecule has 128 valence electrons. The maximum atomic E-state index is 11.8. The van der Waals surface area contributed by atoms with Crippen molar-refractivity contribution in [1.82, 2.24) is 14.9 Å². The normalized spacial score (nSPS) is 10.5. The number of aryl methyl sites for hydroxylation is 2. The molecule has 0 atom stereocenters. The number of rotatable bonds is 6. The first-order chi connectivity index (χ1) is 11.4. The number of nitrogens with zero attached hydrogens (tertiary/aromatic N) is 2. The molecule has 1 heterocycles. The summed E-state index contributed by atoms with van der Waals surface area (Å²) in [6, 6.07) is 6.57. The highest BCUT2D eigenvalue weighted by Gasteiger charge is 2.07. The van der Waals surface area contributed by atoms with Crippen molar-refractivity contribution in [2.24, 2.45) is 0 Å². The summed E-state index contributed by atoms with van der Waals surface area (Å²) in [5.41, 5.74) is 1.14. The third-order valence-corrected chi connectivity index (χ3v) is 3.79. The predicted molar refractivity (Wildman–Crippen MR) is 92.9 cm³/mol. The van der Waals surface area contributed by atoms with Gasteiger partial charge in [-0.1, -0.05) is 23.2 Å². The zero-order valence-corrected chi connectivity index (χ0v) is 14.8. The van der Waals surface area contributed by atoms with E-state index in [1.807, 2.05) is 13.0 Å². The van der Waals surface area contributed by atoms with Crippen LogP contribution >= 0.6 is 23.2 Å². The fourth-order valence-electron chi connectivity index (χ4n) is 2.14. The van der Waals surface area contributed by atoms with E-state index in [2.05, 4.69) is 10.3 Å². The number of amides is 1. The number of aromatic nitrogens is 2. The Hall–Kier alpha value is -2.05. The average Bonchev–Trinajstić information content (AvgIpc) is 2.49. The molecule has 0 radical (unpaired) electrons. The van der Waals surface area contributed by atoms with Gasteiger partial charge in [0.05, 0.1) is 5.02 Å². The number of hydrogen-bond donors (Lipinski definition) is 1. The van der Waals surface area contributed by atoms with Gasteiger partial charge < -0.3 is 10.1 Å². The molecule has 24 heavy (non-hydrogen) atoms. The molecule has 0 spiro atoms. The second-order valence-corrected chi connectivity index (χ2v) is 6.03. The lowest BCUT2D eigenvalue weighted by atomic mass is 10.3. The first-order valence-electron chi connectivity index (χ1n) is 7.26. The number of ether oxygens (including phenoxy) is 1. The summed E-state index contributed by atoms with van der Waals surface area (Å²) in [6.07, 6.45) is 0. The zero-order valence-electron chi connectivity index (χ0n) is 13.3. The van der Waals surface area contributed by atoms with Crippen LogP contribution in [0.2, 0.25) is 10.0 Å². The summed E-state index contributed by atoms with van der Waals surface area (Å²) in [7, 11) is 0. The molecule has 0 saturated carbocycles. The maximum absolute atomic E-state index is 11.8. The highest BCUT2D eigenvalue weighted by atomic mass is 35.5. The van der Waals surface area contributed by atoms with E-state index < -0.39 is 0 Å². The summed E-state index contributed by atoms with van der Waals surface area (Å²) in [5.74, 6) is 0.0674. The summed E-state index contributed by atoms with van der Waals surface area (Å²) < 4.78 is 6.84. The number of halogens is 2. The molecular formula is C16H17Cl2N3O3. The van der Waals surface area contributed by atoms with Gasteiger partial charge in [0.2, 0.25) is 0 Å². The lowest BCUT2D eigenvalue weighted by molar-refractivity contribution is -0.123. The molecule has 0 aliphatic rings. The first-order valence-corrected chi connectivity index (χ1v) is 8.02. The third kappa shape index (κ3) is 4.97. The minimum atomic E-state index is -0.328. The molecule has 2 aromatic rings. The topological polar surface area (TPSA) is 73.2 Å². The molecule has 0 fully saturated rings. The van der Waals surface area contributed by atoms with Crippen LogP contribution in [-0.4, -0.2) is 28.6 Å². The van der Waals surface area contributed by atoms with Crippen LogP contribution in [0.3, 0.4) is 0 Å². The molecule has 0 bridgehead atoms. The molecule has 1 amide bonds. The summed E-state index contributed by atoms with van der Waals surface area (Å²) >= 11 is 11.7. The fourth-order valence-corrected chi connectivity index (χ4v) is 2.60. The fraction of sp³-hybridized carbons (Fsp3) is 0.312. The van der Waals surface area contributed by atoms with Crippen LogP contribution < -0.4 is 15.7 Å². The Morgan fingerprint density at radius 3 is 2.71 bits per heavy atom. The Kier molecular flexibility index (Phi) is 6.23. The van der Waals surface area contributed by atoms with Crippen LogP contribution in [0, 0.1) is 13.8 Å². The maximum Gasteiger partial charge on any atom is 0.348 e. The van der Waals surface area contributed by atoms with Gasteiger partial charge in [-0.2, -0.15) is 4.98 Å². The predicted octanol–water partition coefficient (Wildman–Crippen LogP) is 2.36. The van der Waals surface area contributed by atoms with Crippen LogP contribution in [0.5, 0.6) is 5.75 Å². The van der Waals surface area contributed by atoms with E-state index in [4.69, 9.17) is 27.9 Å². The molecular weight excluding hydrogens is 353 g/mol. The van der Waals surface area contributed by atoms with Gasteiger partial charge in [-0.15, -0.1) is 0 Å². The van der Waals surface area contributed by atoms with E-state index in [0.717, 1.165) is 5.69 Å². The SMILES string of the molecule is Cc1cc(C)n(CCNC(=O)COc2ccc(Cl)cc2Cl)c(=O)n1. The van der Waals surface area contributed by atoms with Gasteiger partial charge >= 0.3 is 5.69 Å². The second-order valence-electron chi connectivity index (χ2n) is 5.19. The average molecular weight is 370 g/mol. The van der Waals surface area contributed by atoms with Gasteiger partial charge in [0.25, 0.3) is 5.91 Å². The lowest BCUT2D eigenvalue weighted by Gasteiger charge is -2.11. The number of benzene rings is 1. The highest BCUT2D eigenvalue weighted by molar-refractivity contribution is 6.35. The van der Waals surface area contributed by atoms with Crippen molar-refractivity contribution in [3.8, 4) is 5.75 Å². The summed E-state index contributed by atoms with van der Waals surface area (Å²) in [6.45, 7) is 4.04. The van der Waals surface area contributed by atoms with E-state index in [0.29, 0.717) is 34.6 Å². The van der Waals surface area contributed by atoms with Crippen LogP contribution in [-0.2, 0) is 11.3 Å². The van der Waals surface area contributed by atoms with Gasteiger partial charge in [-0.25, -0.2) is 4.79 Å². The Morgan fingerprint density at radius 2 is 2.04 bits per heavy atom. The smallest absolute Gasteiger partial charge is 0.348 e. The van der Waals surface area contributed by atoms with Crippen molar-refractivity contribution in [1.29, 1.82) is 0 Å². The number of hydrogen-bond acceptors (Lipinski definition) is 4. The number of carbonyl (C=O) groups is 1. The van der Waals surface area contributed by atoms with Gasteiger partial charge in [0, 0.05) is 29.5 Å². The van der Waals surface area contributed by atoms with Crippen molar-refractivity contribution in [2.75, 3.05) is 13.2 Å². The lowest BCUT2D eigenvalue weighted by Crippen LogP contribution is -2.35. The molecule has 1 N–H and O–H groups in total. The van der Waals surface area contributed by atoms with Crippen LogP contribution in [0.25, 0.3) is 0 Å². The van der Waals surface area contributed by atoms with Crippen LogP contribution in [0.15, 0.2) is 29.1 Å². The Morgan fingerprint density at radius 1 is 1.29 bits per heavy atom. The Bertz CT molecular complexity index is 806. The summed E-state index contributed by atoms with van der Waals surface area (Å²) in [4.78, 5) is 27.5. The van der Waals surface area contributed by atoms with Crippen molar-refractivity contribution in [3.63, 3.8) is 0 Å². The number of nitrogens with one attached hydrogen (secondary N) is 1. The van der Waals surface area contributed by atoms with Gasteiger partial charge in [-0.05, 0) is 38.1 Å². The molecule has 8 heteroatoms. The molecule has 0 saturated heterocycles. The quantitative estimate of drug-likeness (QED) is 0.847. The first kappa shape index (κ1) is 18.3. The van der Waals surface area contributed by atoms with Gasteiger partial charge in [0.1, 0.15) is 5.75 Å². The summed E-state index contributed by atoms with van der Waals surface area (Å²) in [5, 5.41) is 3.51. The highest BCUT2D eigenvalue weighted by Crippen LogP contribution is 2.27. The van der Waals surface area contributed by atoms with E-state index >= 15 is 0 Å². The largest absolute Gasteiger partial charge is 0.482 e. The molecule has 0 aliphatic carbocycles. The van der Waals surface area contributed by atoms with E-state index in [1.54, 1.807) is 19.1 Å². The zero-order chi connectivity index (χ0) is 17.7. The molecule has 0 unspecified atom stereocenters. The Labute approximate surface area is 149 Å². The monoisotopic (exact) mass is 369 g/mol. The molecule has 0 aliphatic heterocycles. The standard InChI is InChI=1S/C16H17Cl2N3O3/c1-10-7-11(2)21(16(23)20-10)6-5-19-15(22)9-24-14-4-3-12(17)8-13(14)18/h3-4,7-8H,5-6,9H2,1-2H3,(H,19,22).